The number of rotatable bonds is 8. The first kappa shape index (κ1) is 21.5. The van der Waals surface area contributed by atoms with Gasteiger partial charge in [0.15, 0.2) is 0 Å². The summed E-state index contributed by atoms with van der Waals surface area (Å²) in [6, 6.07) is 6.89. The van der Waals surface area contributed by atoms with Gasteiger partial charge in [0.25, 0.3) is 5.56 Å². The normalized spacial score (nSPS) is 11.9. The predicted molar refractivity (Wildman–Crippen MR) is 105 cm³/mol. The minimum atomic E-state index is -1.15. The maximum absolute atomic E-state index is 12.7. The Labute approximate surface area is 167 Å². The molecular weight excluding hydrogens is 384 g/mol. The van der Waals surface area contributed by atoms with E-state index in [9.17, 15) is 20.0 Å². The number of aromatic nitrogens is 1. The van der Waals surface area contributed by atoms with Crippen molar-refractivity contribution in [2.45, 2.75) is 32.4 Å². The van der Waals surface area contributed by atoms with Crippen molar-refractivity contribution in [1.29, 1.82) is 5.26 Å². The zero-order valence-electron chi connectivity index (χ0n) is 15.8. The maximum atomic E-state index is 12.7. The average molecular weight is 405 g/mol. The van der Waals surface area contributed by atoms with E-state index in [2.05, 4.69) is 6.07 Å². The lowest BCUT2D eigenvalue weighted by molar-refractivity contribution is -0.141. The lowest BCUT2D eigenvalue weighted by Gasteiger charge is -2.19. The van der Waals surface area contributed by atoms with Crippen molar-refractivity contribution < 1.29 is 19.4 Å². The molecule has 0 aliphatic rings. The Kier molecular flexibility index (Phi) is 7.21. The number of aliphatic carboxylic acids is 1. The molecule has 0 amide bonds. The first-order chi connectivity index (χ1) is 13.3. The van der Waals surface area contributed by atoms with Crippen LogP contribution in [0.2, 0.25) is 5.02 Å². The van der Waals surface area contributed by atoms with Gasteiger partial charge in [-0.3, -0.25) is 9.36 Å². The number of benzene rings is 1. The molecule has 1 heterocycles. The average Bonchev–Trinajstić information content (AvgIpc) is 2.65. The van der Waals surface area contributed by atoms with E-state index < -0.39 is 17.6 Å². The third-order valence-corrected chi connectivity index (χ3v) is 4.35. The van der Waals surface area contributed by atoms with Crippen molar-refractivity contribution in [2.75, 3.05) is 13.7 Å². The number of carboxylic acid groups (broad SMARTS) is 1. The lowest BCUT2D eigenvalue weighted by Crippen LogP contribution is -2.30. The minimum absolute atomic E-state index is 0.0460. The van der Waals surface area contributed by atoms with Crippen LogP contribution >= 0.6 is 11.6 Å². The summed E-state index contributed by atoms with van der Waals surface area (Å²) in [6.07, 6.45) is 1.42. The molecule has 0 aliphatic heterocycles. The topological polar surface area (TPSA) is 102 Å². The van der Waals surface area contributed by atoms with E-state index in [1.807, 2.05) is 13.8 Å². The van der Waals surface area contributed by atoms with Crippen LogP contribution in [0.3, 0.4) is 0 Å². The summed E-state index contributed by atoms with van der Waals surface area (Å²) in [4.78, 5) is 24.4. The number of halogens is 1. The highest BCUT2D eigenvalue weighted by Gasteiger charge is 2.23. The monoisotopic (exact) mass is 404 g/mol. The van der Waals surface area contributed by atoms with E-state index >= 15 is 0 Å². The molecule has 0 radical (unpaired) electrons. The minimum Gasteiger partial charge on any atom is -0.495 e. The maximum Gasteiger partial charge on any atom is 0.326 e. The van der Waals surface area contributed by atoms with Gasteiger partial charge in [0.2, 0.25) is 0 Å². The zero-order chi connectivity index (χ0) is 20.8. The van der Waals surface area contributed by atoms with E-state index in [0.717, 1.165) is 4.57 Å². The summed E-state index contributed by atoms with van der Waals surface area (Å²) in [5.41, 5.74) is 0.591. The summed E-state index contributed by atoms with van der Waals surface area (Å²) in [6.45, 7) is 3.88. The van der Waals surface area contributed by atoms with Crippen LogP contribution in [0.15, 0.2) is 35.3 Å². The molecule has 0 spiro atoms. The number of carbonyl (C=O) groups is 1. The quantitative estimate of drug-likeness (QED) is 0.722. The van der Waals surface area contributed by atoms with Gasteiger partial charge in [0, 0.05) is 35.2 Å². The van der Waals surface area contributed by atoms with Crippen molar-refractivity contribution in [3.8, 4) is 22.9 Å². The second-order valence-electron chi connectivity index (χ2n) is 6.36. The highest BCUT2D eigenvalue weighted by molar-refractivity contribution is 6.31. The van der Waals surface area contributed by atoms with Gasteiger partial charge in [0.05, 0.1) is 31.0 Å². The fourth-order valence-electron chi connectivity index (χ4n) is 2.78. The molecular formula is C20H21ClN2O5. The van der Waals surface area contributed by atoms with Crippen LogP contribution in [-0.2, 0) is 9.53 Å². The van der Waals surface area contributed by atoms with Crippen LogP contribution in [0.4, 0.5) is 0 Å². The second-order valence-corrected chi connectivity index (χ2v) is 6.80. The molecule has 28 heavy (non-hydrogen) atoms. The smallest absolute Gasteiger partial charge is 0.326 e. The molecule has 1 N–H and O–H groups in total. The Morgan fingerprint density at radius 1 is 1.32 bits per heavy atom. The number of ether oxygens (including phenoxy) is 2. The van der Waals surface area contributed by atoms with Gasteiger partial charge in [-0.05, 0) is 32.0 Å². The van der Waals surface area contributed by atoms with E-state index in [1.54, 1.807) is 18.2 Å². The van der Waals surface area contributed by atoms with Crippen LogP contribution in [0.1, 0.15) is 31.9 Å². The molecule has 0 bridgehead atoms. The van der Waals surface area contributed by atoms with Crippen LogP contribution in [0.5, 0.6) is 5.75 Å². The molecule has 7 nitrogen and oxygen atoms in total. The Balaban J connectivity index is 2.54. The number of methoxy groups -OCH3 is 1. The first-order valence-corrected chi connectivity index (χ1v) is 9.00. The molecule has 2 aromatic rings. The van der Waals surface area contributed by atoms with Crippen molar-refractivity contribution in [3.05, 3.63) is 51.4 Å². The van der Waals surface area contributed by atoms with E-state index in [-0.39, 0.29) is 24.9 Å². The number of hydrogen-bond acceptors (Lipinski definition) is 5. The van der Waals surface area contributed by atoms with Crippen LogP contribution in [-0.4, -0.2) is 35.5 Å². The SMILES string of the molecule is COc1cn(C(CCOC(C)C)C(=O)O)c(=O)cc1-c1cc(Cl)ccc1C#N. The molecule has 1 unspecified atom stereocenters. The fraction of sp³-hybridized carbons (Fsp3) is 0.350. The van der Waals surface area contributed by atoms with Crippen molar-refractivity contribution in [1.82, 2.24) is 4.57 Å². The summed E-state index contributed by atoms with van der Waals surface area (Å²) in [5, 5.41) is 19.3. The van der Waals surface area contributed by atoms with Gasteiger partial charge in [0.1, 0.15) is 11.8 Å². The molecule has 1 aromatic carbocycles. The van der Waals surface area contributed by atoms with Crippen molar-refractivity contribution in [3.63, 3.8) is 0 Å². The number of carboxylic acids is 1. The Morgan fingerprint density at radius 2 is 2.04 bits per heavy atom. The van der Waals surface area contributed by atoms with Gasteiger partial charge in [-0.2, -0.15) is 5.26 Å². The van der Waals surface area contributed by atoms with Gasteiger partial charge in [-0.25, -0.2) is 4.79 Å². The van der Waals surface area contributed by atoms with Gasteiger partial charge in [-0.15, -0.1) is 0 Å². The highest BCUT2D eigenvalue weighted by atomic mass is 35.5. The first-order valence-electron chi connectivity index (χ1n) is 8.63. The zero-order valence-corrected chi connectivity index (χ0v) is 16.6. The number of nitrogens with zero attached hydrogens (tertiary/aromatic N) is 2. The van der Waals surface area contributed by atoms with Crippen LogP contribution in [0, 0.1) is 11.3 Å². The summed E-state index contributed by atoms with van der Waals surface area (Å²) in [7, 11) is 1.40. The molecule has 8 heteroatoms. The molecule has 0 saturated heterocycles. The molecule has 0 saturated carbocycles. The largest absolute Gasteiger partial charge is 0.495 e. The van der Waals surface area contributed by atoms with E-state index in [0.29, 0.717) is 21.7 Å². The molecule has 148 valence electrons. The number of pyridine rings is 1. The van der Waals surface area contributed by atoms with Crippen molar-refractivity contribution >= 4 is 17.6 Å². The molecule has 0 fully saturated rings. The van der Waals surface area contributed by atoms with Crippen molar-refractivity contribution in [2.24, 2.45) is 0 Å². The standard InChI is InChI=1S/C20H21ClN2O5/c1-12(2)28-7-6-17(20(25)26)23-11-18(27-3)16(9-19(23)24)15-8-14(21)5-4-13(15)10-22/h4-5,8-9,11-12,17H,6-7H2,1-3H3,(H,25,26). The Morgan fingerprint density at radius 3 is 2.61 bits per heavy atom. The predicted octanol–water partition coefficient (Wildman–Crippen LogP) is 3.49. The van der Waals surface area contributed by atoms with Crippen LogP contribution in [0.25, 0.3) is 11.1 Å². The lowest BCUT2D eigenvalue weighted by atomic mass is 10.00. The molecule has 1 aromatic heterocycles. The summed E-state index contributed by atoms with van der Waals surface area (Å²) in [5.74, 6) is -0.890. The molecule has 2 rings (SSSR count). The second kappa shape index (κ2) is 9.40. The van der Waals surface area contributed by atoms with Gasteiger partial charge in [-0.1, -0.05) is 11.6 Å². The van der Waals surface area contributed by atoms with E-state index in [4.69, 9.17) is 21.1 Å². The van der Waals surface area contributed by atoms with Gasteiger partial charge < -0.3 is 14.6 Å². The number of hydrogen-bond donors (Lipinski definition) is 1. The Bertz CT molecular complexity index is 962. The summed E-state index contributed by atoms with van der Waals surface area (Å²) < 4.78 is 11.9. The summed E-state index contributed by atoms with van der Waals surface area (Å²) >= 11 is 6.04. The number of nitriles is 1. The highest BCUT2D eigenvalue weighted by Crippen LogP contribution is 2.33. The Hall–Kier alpha value is -2.82. The molecule has 1 atom stereocenters. The molecule has 0 aliphatic carbocycles. The van der Waals surface area contributed by atoms with Crippen LogP contribution < -0.4 is 10.3 Å². The van der Waals surface area contributed by atoms with E-state index in [1.165, 1.54) is 19.4 Å². The third kappa shape index (κ3) is 4.91. The fourth-order valence-corrected chi connectivity index (χ4v) is 2.95. The third-order valence-electron chi connectivity index (χ3n) is 4.12. The van der Waals surface area contributed by atoms with Gasteiger partial charge >= 0.3 is 5.97 Å².